The summed E-state index contributed by atoms with van der Waals surface area (Å²) in [6.07, 6.45) is -20.8. The average molecular weight is 993 g/mol. The minimum absolute atomic E-state index is 0.0227. The Morgan fingerprint density at radius 1 is 0.306 bits per heavy atom. The van der Waals surface area contributed by atoms with Crippen molar-refractivity contribution in [3.8, 4) is 73.2 Å². The van der Waals surface area contributed by atoms with Crippen molar-refractivity contribution in [1.29, 1.82) is 0 Å². The second-order valence-corrected chi connectivity index (χ2v) is 16.7. The average Bonchev–Trinajstić information content (AvgIpc) is 3.68. The van der Waals surface area contributed by atoms with E-state index in [0.29, 0.717) is 52.1 Å². The Morgan fingerprint density at radius 3 is 1.10 bits per heavy atom. The molecular formula is C55H29F13N4. The van der Waals surface area contributed by atoms with Crippen molar-refractivity contribution in [2.45, 2.75) is 24.7 Å². The molecule has 2 heterocycles. The van der Waals surface area contributed by atoms with Gasteiger partial charge in [0.05, 0.1) is 39.0 Å². The van der Waals surface area contributed by atoms with E-state index in [-0.39, 0.29) is 68.2 Å². The van der Waals surface area contributed by atoms with E-state index in [1.807, 2.05) is 0 Å². The van der Waals surface area contributed by atoms with Gasteiger partial charge in [-0.2, -0.15) is 52.7 Å². The number of hydrogen-bond donors (Lipinski definition) is 0. The molecule has 0 aliphatic heterocycles. The third kappa shape index (κ3) is 9.24. The summed E-state index contributed by atoms with van der Waals surface area (Å²) in [6, 6.07) is 38.7. The number of fused-ring (bicyclic) bond motifs is 3. The molecule has 17 heteroatoms. The van der Waals surface area contributed by atoms with Gasteiger partial charge in [-0.05, 0) is 118 Å². The lowest BCUT2D eigenvalue weighted by molar-refractivity contribution is -0.144. The normalized spacial score (nSPS) is 12.5. The van der Waals surface area contributed by atoms with Crippen LogP contribution in [-0.2, 0) is 24.7 Å². The highest BCUT2D eigenvalue weighted by Gasteiger charge is 2.39. The van der Waals surface area contributed by atoms with Crippen LogP contribution in [0.1, 0.15) is 22.3 Å². The quantitative estimate of drug-likeness (QED) is 0.149. The Bertz CT molecular complexity index is 3450. The molecule has 360 valence electrons. The van der Waals surface area contributed by atoms with Crippen LogP contribution in [0.2, 0.25) is 0 Å². The van der Waals surface area contributed by atoms with Gasteiger partial charge in [-0.1, -0.05) is 91.0 Å². The van der Waals surface area contributed by atoms with Gasteiger partial charge in [0, 0.05) is 27.5 Å². The van der Waals surface area contributed by atoms with E-state index in [4.69, 9.17) is 15.0 Å². The summed E-state index contributed by atoms with van der Waals surface area (Å²) in [5, 5.41) is 0.233. The van der Waals surface area contributed by atoms with Crippen LogP contribution in [0.4, 0.5) is 57.1 Å². The van der Waals surface area contributed by atoms with Gasteiger partial charge in [-0.25, -0.2) is 19.3 Å². The SMILES string of the molecule is Fc1cccc(-c2ccc(-c3nc(-c4ccccc4)nc(-c4ccccc4)n3)c(-n3c4ccc(-c5cc(C(F)(F)F)cc(C(F)(F)F)c5)cc4c4cc(-c5cc(C(F)(F)F)cc(C(F)(F)F)c5)ccc43)c2)c1. The lowest BCUT2D eigenvalue weighted by Crippen LogP contribution is -2.11. The van der Waals surface area contributed by atoms with E-state index in [1.54, 1.807) is 89.5 Å². The predicted molar refractivity (Wildman–Crippen MR) is 247 cm³/mol. The van der Waals surface area contributed by atoms with Gasteiger partial charge in [0.25, 0.3) is 0 Å². The first kappa shape index (κ1) is 47.3. The lowest BCUT2D eigenvalue weighted by Gasteiger charge is -2.17. The number of alkyl halides is 12. The molecule has 72 heavy (non-hydrogen) atoms. The maximum absolute atomic E-state index is 14.8. The van der Waals surface area contributed by atoms with Gasteiger partial charge in [0.1, 0.15) is 5.82 Å². The van der Waals surface area contributed by atoms with Crippen molar-refractivity contribution >= 4 is 21.8 Å². The van der Waals surface area contributed by atoms with E-state index in [1.165, 1.54) is 54.6 Å². The second kappa shape index (κ2) is 17.5. The Hall–Kier alpha value is -8.34. The largest absolute Gasteiger partial charge is 0.416 e. The first-order valence-corrected chi connectivity index (χ1v) is 21.5. The molecule has 8 aromatic carbocycles. The maximum Gasteiger partial charge on any atom is 0.416 e. The number of nitrogens with zero attached hydrogens (tertiary/aromatic N) is 4. The molecule has 0 bridgehead atoms. The first-order chi connectivity index (χ1) is 34.1. The van der Waals surface area contributed by atoms with Gasteiger partial charge >= 0.3 is 24.7 Å². The highest BCUT2D eigenvalue weighted by Crippen LogP contribution is 2.45. The second-order valence-electron chi connectivity index (χ2n) is 16.7. The van der Waals surface area contributed by atoms with E-state index in [9.17, 15) is 57.1 Å². The number of hydrogen-bond acceptors (Lipinski definition) is 3. The molecule has 0 amide bonds. The summed E-state index contributed by atoms with van der Waals surface area (Å²) >= 11 is 0. The summed E-state index contributed by atoms with van der Waals surface area (Å²) in [5.74, 6) is 0.0579. The molecule has 10 rings (SSSR count). The highest BCUT2D eigenvalue weighted by atomic mass is 19.4. The molecule has 0 radical (unpaired) electrons. The zero-order chi connectivity index (χ0) is 50.9. The van der Waals surface area contributed by atoms with Crippen LogP contribution in [0.5, 0.6) is 0 Å². The molecular weight excluding hydrogens is 964 g/mol. The van der Waals surface area contributed by atoms with E-state index >= 15 is 0 Å². The van der Waals surface area contributed by atoms with Gasteiger partial charge in [0.15, 0.2) is 17.5 Å². The molecule has 4 nitrogen and oxygen atoms in total. The summed E-state index contributed by atoms with van der Waals surface area (Å²) in [5.41, 5.74) is -4.53. The van der Waals surface area contributed by atoms with E-state index in [0.717, 1.165) is 0 Å². The summed E-state index contributed by atoms with van der Waals surface area (Å²) in [4.78, 5) is 14.6. The number of benzene rings is 8. The fraction of sp³-hybridized carbons (Fsp3) is 0.0727. The Morgan fingerprint density at radius 2 is 0.681 bits per heavy atom. The van der Waals surface area contributed by atoms with Crippen molar-refractivity contribution in [3.05, 3.63) is 204 Å². The van der Waals surface area contributed by atoms with Gasteiger partial charge in [-0.15, -0.1) is 0 Å². The van der Waals surface area contributed by atoms with Crippen molar-refractivity contribution in [1.82, 2.24) is 19.5 Å². The van der Waals surface area contributed by atoms with E-state index < -0.39 is 63.9 Å². The standard InChI is InChI=1S/C55H29F13N4/c56-42-13-7-12-32(24-42)35-14-17-43(51-70-49(30-8-3-1-4-9-30)69-50(71-51)31-10-5-2-6-11-31)48(27-35)72-46-18-15-33(36-20-38(52(57,58)59)28-39(21-36)53(60,61)62)25-44(46)45-26-34(16-19-47(45)72)37-22-40(54(63,64)65)29-41(23-37)55(66,67)68/h1-29H. The van der Waals surface area contributed by atoms with Crippen LogP contribution in [0.25, 0.3) is 95.0 Å². The van der Waals surface area contributed by atoms with Crippen molar-refractivity contribution in [2.75, 3.05) is 0 Å². The van der Waals surface area contributed by atoms with Crippen molar-refractivity contribution in [3.63, 3.8) is 0 Å². The summed E-state index contributed by atoms with van der Waals surface area (Å²) in [7, 11) is 0. The van der Waals surface area contributed by atoms with E-state index in [2.05, 4.69) is 0 Å². The molecule has 0 fully saturated rings. The molecule has 0 saturated carbocycles. The molecule has 2 aromatic heterocycles. The minimum atomic E-state index is -5.20. The van der Waals surface area contributed by atoms with Crippen LogP contribution in [0, 0.1) is 5.82 Å². The van der Waals surface area contributed by atoms with Crippen molar-refractivity contribution < 1.29 is 57.1 Å². The topological polar surface area (TPSA) is 43.6 Å². The summed E-state index contributed by atoms with van der Waals surface area (Å²) < 4.78 is 186. The molecule has 0 N–H and O–H groups in total. The highest BCUT2D eigenvalue weighted by molar-refractivity contribution is 6.12. The smallest absolute Gasteiger partial charge is 0.308 e. The van der Waals surface area contributed by atoms with Crippen LogP contribution in [-0.4, -0.2) is 19.5 Å². The van der Waals surface area contributed by atoms with Gasteiger partial charge in [-0.3, -0.25) is 0 Å². The Labute approximate surface area is 399 Å². The molecule has 0 aliphatic rings. The molecule has 0 spiro atoms. The third-order valence-electron chi connectivity index (χ3n) is 11.9. The molecule has 0 unspecified atom stereocenters. The fourth-order valence-corrected chi connectivity index (χ4v) is 8.57. The molecule has 0 aliphatic carbocycles. The Balaban J connectivity index is 1.30. The molecule has 0 atom stereocenters. The van der Waals surface area contributed by atoms with Crippen LogP contribution in [0.3, 0.4) is 0 Å². The van der Waals surface area contributed by atoms with Crippen LogP contribution >= 0.6 is 0 Å². The predicted octanol–water partition coefficient (Wildman–Crippen LogP) is 17.2. The number of halogens is 13. The fourth-order valence-electron chi connectivity index (χ4n) is 8.57. The minimum Gasteiger partial charge on any atom is -0.308 e. The zero-order valence-electron chi connectivity index (χ0n) is 36.4. The number of rotatable bonds is 7. The van der Waals surface area contributed by atoms with Gasteiger partial charge < -0.3 is 4.57 Å². The molecule has 0 saturated heterocycles. The third-order valence-corrected chi connectivity index (χ3v) is 11.9. The number of aromatic nitrogens is 4. The van der Waals surface area contributed by atoms with Crippen LogP contribution in [0.15, 0.2) is 176 Å². The lowest BCUT2D eigenvalue weighted by atomic mass is 9.96. The maximum atomic E-state index is 14.8. The Kier molecular flexibility index (Phi) is 11.5. The molecule has 10 aromatic rings. The van der Waals surface area contributed by atoms with Crippen molar-refractivity contribution in [2.24, 2.45) is 0 Å². The monoisotopic (exact) mass is 992 g/mol. The zero-order valence-corrected chi connectivity index (χ0v) is 36.4. The van der Waals surface area contributed by atoms with Gasteiger partial charge in [0.2, 0.25) is 0 Å². The first-order valence-electron chi connectivity index (χ1n) is 21.5. The van der Waals surface area contributed by atoms with Crippen LogP contribution < -0.4 is 0 Å². The summed E-state index contributed by atoms with van der Waals surface area (Å²) in [6.45, 7) is 0.